The van der Waals surface area contributed by atoms with Crippen molar-refractivity contribution in [2.24, 2.45) is 0 Å². The van der Waals surface area contributed by atoms with Crippen molar-refractivity contribution < 1.29 is 8.83 Å². The van der Waals surface area contributed by atoms with Gasteiger partial charge in [-0.05, 0) is 75.5 Å². The monoisotopic (exact) mass is 691 g/mol. The van der Waals surface area contributed by atoms with Crippen LogP contribution in [0.15, 0.2) is 185 Å². The van der Waals surface area contributed by atoms with E-state index < -0.39 is 0 Å². The van der Waals surface area contributed by atoms with Crippen LogP contribution in [-0.4, -0.2) is 15.0 Å². The Morgan fingerprint density at radius 2 is 0.796 bits per heavy atom. The van der Waals surface area contributed by atoms with Crippen molar-refractivity contribution in [3.63, 3.8) is 0 Å². The van der Waals surface area contributed by atoms with E-state index in [-0.39, 0.29) is 0 Å². The van der Waals surface area contributed by atoms with E-state index in [0.717, 1.165) is 93.6 Å². The maximum Gasteiger partial charge on any atom is 0.164 e. The molecule has 5 nitrogen and oxygen atoms in total. The highest BCUT2D eigenvalue weighted by atomic mass is 16.3. The van der Waals surface area contributed by atoms with Crippen molar-refractivity contribution in [1.82, 2.24) is 15.0 Å². The molecule has 0 aliphatic carbocycles. The van der Waals surface area contributed by atoms with E-state index >= 15 is 0 Å². The lowest BCUT2D eigenvalue weighted by molar-refractivity contribution is 0.668. The van der Waals surface area contributed by atoms with Gasteiger partial charge in [0, 0.05) is 38.2 Å². The predicted molar refractivity (Wildman–Crippen MR) is 219 cm³/mol. The molecule has 11 aromatic rings. The fraction of sp³-hybridized carbons (Fsp3) is 0. The molecule has 0 saturated carbocycles. The van der Waals surface area contributed by atoms with Crippen LogP contribution in [0.1, 0.15) is 0 Å². The number of nitrogens with zero attached hydrogens (tertiary/aromatic N) is 3. The molecule has 0 unspecified atom stereocenters. The fourth-order valence-corrected chi connectivity index (χ4v) is 7.75. The number of rotatable bonds is 5. The third kappa shape index (κ3) is 4.98. The van der Waals surface area contributed by atoms with Gasteiger partial charge in [0.05, 0.1) is 0 Å². The molecule has 11 rings (SSSR count). The molecule has 0 amide bonds. The van der Waals surface area contributed by atoms with Gasteiger partial charge in [-0.15, -0.1) is 0 Å². The number of aromatic nitrogens is 3. The Labute approximate surface area is 309 Å². The van der Waals surface area contributed by atoms with Crippen LogP contribution in [0, 0.1) is 0 Å². The Kier molecular flexibility index (Phi) is 6.79. The molecule has 252 valence electrons. The Bertz CT molecular complexity index is 3230. The molecule has 54 heavy (non-hydrogen) atoms. The highest BCUT2D eigenvalue weighted by Crippen LogP contribution is 2.39. The summed E-state index contributed by atoms with van der Waals surface area (Å²) in [6.07, 6.45) is 0. The van der Waals surface area contributed by atoms with Crippen LogP contribution in [0.25, 0.3) is 111 Å². The number of hydrogen-bond donors (Lipinski definition) is 0. The van der Waals surface area contributed by atoms with E-state index in [1.165, 1.54) is 0 Å². The van der Waals surface area contributed by atoms with Gasteiger partial charge in [-0.25, -0.2) is 15.0 Å². The lowest BCUT2D eigenvalue weighted by Gasteiger charge is -2.11. The zero-order valence-corrected chi connectivity index (χ0v) is 28.9. The average Bonchev–Trinajstić information content (AvgIpc) is 3.83. The summed E-state index contributed by atoms with van der Waals surface area (Å²) >= 11 is 0. The van der Waals surface area contributed by atoms with Crippen molar-refractivity contribution in [3.05, 3.63) is 176 Å². The third-order valence-corrected chi connectivity index (χ3v) is 10.3. The Morgan fingerprint density at radius 1 is 0.296 bits per heavy atom. The van der Waals surface area contributed by atoms with Crippen LogP contribution < -0.4 is 0 Å². The van der Waals surface area contributed by atoms with Crippen molar-refractivity contribution in [2.45, 2.75) is 0 Å². The van der Waals surface area contributed by atoms with E-state index in [4.69, 9.17) is 23.8 Å². The van der Waals surface area contributed by atoms with E-state index in [9.17, 15) is 0 Å². The molecule has 0 atom stereocenters. The predicted octanol–water partition coefficient (Wildman–Crippen LogP) is 13.2. The second-order valence-electron chi connectivity index (χ2n) is 13.6. The van der Waals surface area contributed by atoms with E-state index in [1.807, 2.05) is 42.5 Å². The summed E-state index contributed by atoms with van der Waals surface area (Å²) in [6.45, 7) is 0. The first kappa shape index (κ1) is 30.3. The van der Waals surface area contributed by atoms with Crippen molar-refractivity contribution in [2.75, 3.05) is 0 Å². The van der Waals surface area contributed by atoms with Gasteiger partial charge in [0.25, 0.3) is 0 Å². The summed E-state index contributed by atoms with van der Waals surface area (Å²) < 4.78 is 12.5. The second-order valence-corrected chi connectivity index (χ2v) is 13.6. The molecule has 0 N–H and O–H groups in total. The van der Waals surface area contributed by atoms with Crippen molar-refractivity contribution >= 4 is 54.6 Å². The number of benzene rings is 8. The third-order valence-electron chi connectivity index (χ3n) is 10.3. The van der Waals surface area contributed by atoms with Crippen LogP contribution in [0.3, 0.4) is 0 Å². The largest absolute Gasteiger partial charge is 0.456 e. The lowest BCUT2D eigenvalue weighted by atomic mass is 9.97. The zero-order valence-electron chi connectivity index (χ0n) is 28.9. The van der Waals surface area contributed by atoms with Crippen molar-refractivity contribution in [1.29, 1.82) is 0 Å². The molecule has 0 bridgehead atoms. The standard InChI is InChI=1S/C49H29N3O2/c1-2-11-30(12-3-1)32-13-8-15-34(27-32)47-50-48(35-16-9-14-33(28-35)37-19-10-22-43-45(37)38-17-4-6-20-41(38)53-43)52-49(51-47)36-24-23-31-25-26-44-46(40(31)29-36)39-18-5-7-21-42(39)54-44/h1-29H. The summed E-state index contributed by atoms with van der Waals surface area (Å²) in [6, 6.07) is 60.4. The van der Waals surface area contributed by atoms with Crippen LogP contribution in [0.4, 0.5) is 0 Å². The molecule has 0 spiro atoms. The molecule has 3 heterocycles. The van der Waals surface area contributed by atoms with Gasteiger partial charge in [0.2, 0.25) is 0 Å². The number of furan rings is 2. The highest BCUT2D eigenvalue weighted by molar-refractivity contribution is 6.19. The molecule has 5 heteroatoms. The summed E-state index contributed by atoms with van der Waals surface area (Å²) in [4.78, 5) is 15.5. The van der Waals surface area contributed by atoms with E-state index in [0.29, 0.717) is 17.5 Å². The first-order valence-electron chi connectivity index (χ1n) is 18.0. The van der Waals surface area contributed by atoms with Gasteiger partial charge in [-0.3, -0.25) is 0 Å². The fourth-order valence-electron chi connectivity index (χ4n) is 7.75. The SMILES string of the molecule is c1ccc(-c2cccc(-c3nc(-c4cccc(-c5cccc6oc7ccccc7c56)c4)nc(-c4ccc5ccc6oc7ccccc7c6c5c4)n3)c2)cc1. The molecule has 0 saturated heterocycles. The van der Waals surface area contributed by atoms with Crippen molar-refractivity contribution in [3.8, 4) is 56.4 Å². The molecule has 0 aliphatic rings. The molecule has 0 radical (unpaired) electrons. The summed E-state index contributed by atoms with van der Waals surface area (Å²) in [7, 11) is 0. The summed E-state index contributed by atoms with van der Waals surface area (Å²) in [5.41, 5.74) is 10.5. The summed E-state index contributed by atoms with van der Waals surface area (Å²) in [5.74, 6) is 1.80. The van der Waals surface area contributed by atoms with Crippen LogP contribution in [0.2, 0.25) is 0 Å². The normalized spacial score (nSPS) is 11.7. The molecule has 0 fully saturated rings. The first-order valence-corrected chi connectivity index (χ1v) is 18.0. The highest BCUT2D eigenvalue weighted by Gasteiger charge is 2.18. The van der Waals surface area contributed by atoms with Gasteiger partial charge in [-0.1, -0.05) is 133 Å². The van der Waals surface area contributed by atoms with Gasteiger partial charge < -0.3 is 8.83 Å². The van der Waals surface area contributed by atoms with Gasteiger partial charge >= 0.3 is 0 Å². The molecular formula is C49H29N3O2. The number of fused-ring (bicyclic) bond motifs is 8. The maximum absolute atomic E-state index is 6.25. The Hall–Kier alpha value is -7.37. The van der Waals surface area contributed by atoms with Gasteiger partial charge in [0.1, 0.15) is 22.3 Å². The smallest absolute Gasteiger partial charge is 0.164 e. The molecular weight excluding hydrogens is 663 g/mol. The summed E-state index contributed by atoms with van der Waals surface area (Å²) in [5, 5.41) is 6.57. The topological polar surface area (TPSA) is 65.0 Å². The Morgan fingerprint density at radius 3 is 1.52 bits per heavy atom. The van der Waals surface area contributed by atoms with Gasteiger partial charge in [0.15, 0.2) is 17.5 Å². The quantitative estimate of drug-likeness (QED) is 0.180. The van der Waals surface area contributed by atoms with Crippen LogP contribution in [-0.2, 0) is 0 Å². The van der Waals surface area contributed by atoms with Gasteiger partial charge in [-0.2, -0.15) is 0 Å². The second kappa shape index (κ2) is 12.1. The van der Waals surface area contributed by atoms with Crippen LogP contribution >= 0.6 is 0 Å². The first-order chi connectivity index (χ1) is 26.7. The number of para-hydroxylation sites is 2. The Balaban J connectivity index is 1.11. The minimum Gasteiger partial charge on any atom is -0.456 e. The zero-order chi connectivity index (χ0) is 35.6. The average molecular weight is 692 g/mol. The van der Waals surface area contributed by atoms with E-state index in [1.54, 1.807) is 0 Å². The van der Waals surface area contributed by atoms with E-state index in [2.05, 4.69) is 133 Å². The minimum atomic E-state index is 0.596. The minimum absolute atomic E-state index is 0.596. The molecule has 8 aromatic carbocycles. The molecule has 0 aliphatic heterocycles. The van der Waals surface area contributed by atoms with Crippen LogP contribution in [0.5, 0.6) is 0 Å². The lowest BCUT2D eigenvalue weighted by Crippen LogP contribution is -2.00. The number of hydrogen-bond acceptors (Lipinski definition) is 5. The maximum atomic E-state index is 6.25. The molecule has 3 aromatic heterocycles.